The Kier molecular flexibility index (Phi) is 4.10. The van der Waals surface area contributed by atoms with Crippen LogP contribution in [0.2, 0.25) is 0 Å². The van der Waals surface area contributed by atoms with Crippen LogP contribution in [-0.4, -0.2) is 36.7 Å². The third-order valence-electron chi connectivity index (χ3n) is 2.11. The van der Waals surface area contributed by atoms with Crippen molar-refractivity contribution in [3.05, 3.63) is 29.8 Å². The van der Waals surface area contributed by atoms with Gasteiger partial charge in [-0.2, -0.15) is 0 Å². The molecule has 7 heteroatoms. The fourth-order valence-corrected chi connectivity index (χ4v) is 2.34. The Hall–Kier alpha value is -1.44. The molecule has 0 radical (unpaired) electrons. The zero-order chi connectivity index (χ0) is 14.0. The number of carboxylic acid groups (broad SMARTS) is 1. The number of rotatable bonds is 5. The van der Waals surface area contributed by atoms with Crippen molar-refractivity contribution in [3.63, 3.8) is 0 Å². The van der Waals surface area contributed by atoms with Crippen molar-refractivity contribution < 1.29 is 23.4 Å². The van der Waals surface area contributed by atoms with Gasteiger partial charge in [0.2, 0.25) is 10.0 Å². The van der Waals surface area contributed by atoms with Crippen LogP contribution in [-0.2, 0) is 10.0 Å². The van der Waals surface area contributed by atoms with Gasteiger partial charge in [-0.3, -0.25) is 0 Å². The molecule has 0 saturated carbocycles. The van der Waals surface area contributed by atoms with Gasteiger partial charge in [0.05, 0.1) is 16.1 Å². The zero-order valence-electron chi connectivity index (χ0n) is 10.0. The molecule has 0 saturated heterocycles. The molecule has 3 N–H and O–H groups in total. The van der Waals surface area contributed by atoms with E-state index in [9.17, 15) is 18.3 Å². The third kappa shape index (κ3) is 4.10. The van der Waals surface area contributed by atoms with E-state index in [0.29, 0.717) is 0 Å². The lowest BCUT2D eigenvalue weighted by molar-refractivity contribution is 0.0696. The highest BCUT2D eigenvalue weighted by atomic mass is 32.2. The number of hydrogen-bond acceptors (Lipinski definition) is 4. The van der Waals surface area contributed by atoms with E-state index in [2.05, 4.69) is 4.72 Å². The van der Waals surface area contributed by atoms with E-state index in [1.165, 1.54) is 38.1 Å². The fourth-order valence-electron chi connectivity index (χ4n) is 1.13. The van der Waals surface area contributed by atoms with Crippen LogP contribution in [0.4, 0.5) is 0 Å². The number of nitrogens with one attached hydrogen (secondary N) is 1. The van der Waals surface area contributed by atoms with Crippen molar-refractivity contribution in [2.24, 2.45) is 0 Å². The monoisotopic (exact) mass is 273 g/mol. The predicted molar refractivity (Wildman–Crippen MR) is 64.9 cm³/mol. The van der Waals surface area contributed by atoms with Crippen LogP contribution in [0.1, 0.15) is 24.2 Å². The van der Waals surface area contributed by atoms with E-state index in [1.807, 2.05) is 0 Å². The lowest BCUT2D eigenvalue weighted by Gasteiger charge is -2.17. The minimum atomic E-state index is -3.74. The second kappa shape index (κ2) is 5.05. The lowest BCUT2D eigenvalue weighted by atomic mass is 10.1. The van der Waals surface area contributed by atoms with Gasteiger partial charge < -0.3 is 10.2 Å². The standard InChI is InChI=1S/C11H15NO5S/c1-11(2,15)7-12-18(16,17)9-5-3-8(4-6-9)10(13)14/h3-6,12,15H,7H2,1-2H3,(H,13,14). The summed E-state index contributed by atoms with van der Waals surface area (Å²) in [5, 5.41) is 18.1. The summed E-state index contributed by atoms with van der Waals surface area (Å²) in [6.45, 7) is 2.82. The van der Waals surface area contributed by atoms with Crippen LogP contribution in [0, 0.1) is 0 Å². The van der Waals surface area contributed by atoms with Crippen molar-refractivity contribution in [3.8, 4) is 0 Å². The maximum atomic E-state index is 11.8. The van der Waals surface area contributed by atoms with E-state index in [4.69, 9.17) is 5.11 Å². The summed E-state index contributed by atoms with van der Waals surface area (Å²) in [4.78, 5) is 10.6. The molecule has 0 aliphatic rings. The first-order chi connectivity index (χ1) is 8.12. The van der Waals surface area contributed by atoms with Gasteiger partial charge in [-0.25, -0.2) is 17.9 Å². The normalized spacial score (nSPS) is 12.4. The first kappa shape index (κ1) is 14.6. The number of aliphatic hydroxyl groups is 1. The Morgan fingerprint density at radius 2 is 1.78 bits per heavy atom. The molecule has 0 atom stereocenters. The van der Waals surface area contributed by atoms with Crippen LogP contribution in [0.3, 0.4) is 0 Å². The number of hydrogen-bond donors (Lipinski definition) is 3. The number of benzene rings is 1. The summed E-state index contributed by atoms with van der Waals surface area (Å²) in [7, 11) is -3.74. The average molecular weight is 273 g/mol. The van der Waals surface area contributed by atoms with Crippen LogP contribution in [0.15, 0.2) is 29.2 Å². The molecule has 0 aliphatic carbocycles. The molecule has 18 heavy (non-hydrogen) atoms. The van der Waals surface area contributed by atoms with Crippen LogP contribution >= 0.6 is 0 Å². The summed E-state index contributed by atoms with van der Waals surface area (Å²) in [6.07, 6.45) is 0. The quantitative estimate of drug-likeness (QED) is 0.722. The topological polar surface area (TPSA) is 104 Å². The zero-order valence-corrected chi connectivity index (χ0v) is 10.9. The SMILES string of the molecule is CC(C)(O)CNS(=O)(=O)c1ccc(C(=O)O)cc1. The largest absolute Gasteiger partial charge is 0.478 e. The highest BCUT2D eigenvalue weighted by Crippen LogP contribution is 2.11. The second-order valence-electron chi connectivity index (χ2n) is 4.47. The van der Waals surface area contributed by atoms with Gasteiger partial charge in [-0.1, -0.05) is 0 Å². The van der Waals surface area contributed by atoms with Gasteiger partial charge in [0.15, 0.2) is 0 Å². The molecule has 1 rings (SSSR count). The highest BCUT2D eigenvalue weighted by molar-refractivity contribution is 7.89. The smallest absolute Gasteiger partial charge is 0.335 e. The van der Waals surface area contributed by atoms with Crippen molar-refractivity contribution in [1.29, 1.82) is 0 Å². The molecule has 0 unspecified atom stereocenters. The van der Waals surface area contributed by atoms with Gasteiger partial charge in [0, 0.05) is 6.54 Å². The van der Waals surface area contributed by atoms with Crippen molar-refractivity contribution in [1.82, 2.24) is 4.72 Å². The molecule has 0 fully saturated rings. The highest BCUT2D eigenvalue weighted by Gasteiger charge is 2.19. The maximum Gasteiger partial charge on any atom is 0.335 e. The summed E-state index contributed by atoms with van der Waals surface area (Å²) in [5.74, 6) is -1.12. The molecule has 6 nitrogen and oxygen atoms in total. The molecule has 0 bridgehead atoms. The van der Waals surface area contributed by atoms with E-state index in [0.717, 1.165) is 0 Å². The third-order valence-corrected chi connectivity index (χ3v) is 3.52. The fraction of sp³-hybridized carbons (Fsp3) is 0.364. The Balaban J connectivity index is 2.89. The van der Waals surface area contributed by atoms with Gasteiger partial charge in [0.1, 0.15) is 0 Å². The molecule has 0 amide bonds. The van der Waals surface area contributed by atoms with Gasteiger partial charge in [-0.05, 0) is 38.1 Å². The molecule has 1 aromatic rings. The minimum absolute atomic E-state index is 0.0106. The summed E-state index contributed by atoms with van der Waals surface area (Å²) in [5.41, 5.74) is -1.15. The number of carbonyl (C=O) groups is 1. The minimum Gasteiger partial charge on any atom is -0.478 e. The molecule has 0 spiro atoms. The van der Waals surface area contributed by atoms with Gasteiger partial charge >= 0.3 is 5.97 Å². The lowest BCUT2D eigenvalue weighted by Crippen LogP contribution is -2.38. The van der Waals surface area contributed by atoms with Crippen LogP contribution < -0.4 is 4.72 Å². The van der Waals surface area contributed by atoms with Gasteiger partial charge in [0.25, 0.3) is 0 Å². The Morgan fingerprint density at radius 1 is 1.28 bits per heavy atom. The van der Waals surface area contributed by atoms with E-state index >= 15 is 0 Å². The molecular formula is C11H15NO5S. The molecule has 1 aromatic carbocycles. The van der Waals surface area contributed by atoms with E-state index in [-0.39, 0.29) is 17.0 Å². The summed E-state index contributed by atoms with van der Waals surface area (Å²) >= 11 is 0. The average Bonchev–Trinajstić information content (AvgIpc) is 2.26. The molecule has 100 valence electrons. The number of aromatic carboxylic acids is 1. The summed E-state index contributed by atoms with van der Waals surface area (Å²) < 4.78 is 25.8. The first-order valence-electron chi connectivity index (χ1n) is 5.17. The van der Waals surface area contributed by atoms with Crippen molar-refractivity contribution in [2.45, 2.75) is 24.3 Å². The predicted octanol–water partition coefficient (Wildman–Crippen LogP) is 0.434. The first-order valence-corrected chi connectivity index (χ1v) is 6.65. The molecule has 0 aliphatic heterocycles. The molecule has 0 aromatic heterocycles. The van der Waals surface area contributed by atoms with E-state index < -0.39 is 21.6 Å². The van der Waals surface area contributed by atoms with Crippen molar-refractivity contribution >= 4 is 16.0 Å². The van der Waals surface area contributed by atoms with Crippen LogP contribution in [0.5, 0.6) is 0 Å². The van der Waals surface area contributed by atoms with E-state index in [1.54, 1.807) is 0 Å². The van der Waals surface area contributed by atoms with Gasteiger partial charge in [-0.15, -0.1) is 0 Å². The van der Waals surface area contributed by atoms with Crippen molar-refractivity contribution in [2.75, 3.05) is 6.54 Å². The Bertz CT molecular complexity index is 528. The number of carboxylic acids is 1. The molecule has 0 heterocycles. The second-order valence-corrected chi connectivity index (χ2v) is 6.23. The number of sulfonamides is 1. The Labute approximate surface area is 105 Å². The summed E-state index contributed by atoms with van der Waals surface area (Å²) in [6, 6.07) is 4.83. The molecular weight excluding hydrogens is 258 g/mol. The Morgan fingerprint density at radius 3 is 2.17 bits per heavy atom. The van der Waals surface area contributed by atoms with Crippen LogP contribution in [0.25, 0.3) is 0 Å². The maximum absolute atomic E-state index is 11.8.